The molecule has 1 aromatic rings. The van der Waals surface area contributed by atoms with Crippen molar-refractivity contribution >= 4 is 5.91 Å². The highest BCUT2D eigenvalue weighted by atomic mass is 16.5. The van der Waals surface area contributed by atoms with Gasteiger partial charge in [0.1, 0.15) is 0 Å². The minimum Gasteiger partial charge on any atom is -0.504 e. The SMILES string of the molecule is O=C(Cc1cc(O)c(O)c(O)c1O)NO. The summed E-state index contributed by atoms with van der Waals surface area (Å²) in [6, 6.07) is 0.902. The van der Waals surface area contributed by atoms with Crippen molar-refractivity contribution in [2.24, 2.45) is 0 Å². The van der Waals surface area contributed by atoms with Gasteiger partial charge < -0.3 is 20.4 Å². The van der Waals surface area contributed by atoms with Crippen LogP contribution in [0, 0.1) is 0 Å². The first-order valence-electron chi connectivity index (χ1n) is 3.86. The fourth-order valence-corrected chi connectivity index (χ4v) is 1.03. The van der Waals surface area contributed by atoms with E-state index in [1.807, 2.05) is 0 Å². The number of amides is 1. The molecular weight excluding hydrogens is 206 g/mol. The van der Waals surface area contributed by atoms with E-state index in [1.165, 1.54) is 5.48 Å². The Morgan fingerprint density at radius 3 is 2.27 bits per heavy atom. The Morgan fingerprint density at radius 1 is 1.13 bits per heavy atom. The van der Waals surface area contributed by atoms with Crippen molar-refractivity contribution in [3.63, 3.8) is 0 Å². The van der Waals surface area contributed by atoms with Crippen LogP contribution in [0.15, 0.2) is 6.07 Å². The van der Waals surface area contributed by atoms with Crippen LogP contribution in [0.4, 0.5) is 0 Å². The molecule has 0 unspecified atom stereocenters. The lowest BCUT2D eigenvalue weighted by molar-refractivity contribution is -0.128. The second kappa shape index (κ2) is 3.93. The number of carbonyl (C=O) groups excluding carboxylic acids is 1. The molecule has 0 radical (unpaired) electrons. The summed E-state index contributed by atoms with van der Waals surface area (Å²) in [6.07, 6.45) is -0.455. The van der Waals surface area contributed by atoms with Gasteiger partial charge in [0.25, 0.3) is 0 Å². The number of hydrogen-bond acceptors (Lipinski definition) is 6. The van der Waals surface area contributed by atoms with Crippen molar-refractivity contribution in [3.8, 4) is 23.0 Å². The number of phenols is 4. The van der Waals surface area contributed by atoms with Gasteiger partial charge in [-0.05, 0) is 6.07 Å². The summed E-state index contributed by atoms with van der Waals surface area (Å²) in [5, 5.41) is 44.7. The van der Waals surface area contributed by atoms with Crippen LogP contribution in [0.1, 0.15) is 5.56 Å². The molecule has 0 aliphatic rings. The van der Waals surface area contributed by atoms with E-state index in [0.717, 1.165) is 6.07 Å². The van der Waals surface area contributed by atoms with Crippen LogP contribution < -0.4 is 5.48 Å². The molecule has 82 valence electrons. The third-order valence-corrected chi connectivity index (χ3v) is 1.78. The monoisotopic (exact) mass is 215 g/mol. The average Bonchev–Trinajstić information content (AvgIpc) is 2.22. The molecule has 0 atom stereocenters. The van der Waals surface area contributed by atoms with Gasteiger partial charge in [-0.25, -0.2) is 5.48 Å². The summed E-state index contributed by atoms with van der Waals surface area (Å²) >= 11 is 0. The quantitative estimate of drug-likeness (QED) is 0.171. The molecule has 7 heteroatoms. The second-order valence-corrected chi connectivity index (χ2v) is 2.81. The van der Waals surface area contributed by atoms with E-state index in [2.05, 4.69) is 0 Å². The van der Waals surface area contributed by atoms with E-state index in [0.29, 0.717) is 0 Å². The molecule has 0 heterocycles. The molecule has 1 aromatic carbocycles. The summed E-state index contributed by atoms with van der Waals surface area (Å²) < 4.78 is 0. The number of phenolic OH excluding ortho intramolecular Hbond substituents is 4. The van der Waals surface area contributed by atoms with Crippen LogP contribution in [-0.2, 0) is 11.2 Å². The molecular formula is C8H9NO6. The Bertz CT molecular complexity index is 403. The maximum Gasteiger partial charge on any atom is 0.247 e. The zero-order chi connectivity index (χ0) is 11.6. The summed E-state index contributed by atoms with van der Waals surface area (Å²) in [6.45, 7) is 0. The van der Waals surface area contributed by atoms with Crippen molar-refractivity contribution in [3.05, 3.63) is 11.6 Å². The molecule has 0 fully saturated rings. The maximum absolute atomic E-state index is 10.7. The predicted molar refractivity (Wildman–Crippen MR) is 46.7 cm³/mol. The fraction of sp³-hybridized carbons (Fsp3) is 0.125. The standard InChI is InChI=1S/C8H9NO6/c10-4-1-3(2-5(11)9-15)6(12)8(14)7(4)13/h1,10,12-15H,2H2,(H,9,11). The van der Waals surface area contributed by atoms with Gasteiger partial charge in [0.15, 0.2) is 11.5 Å². The van der Waals surface area contributed by atoms with Crippen molar-refractivity contribution in [2.75, 3.05) is 0 Å². The third kappa shape index (κ3) is 2.02. The molecule has 0 bridgehead atoms. The van der Waals surface area contributed by atoms with Crippen molar-refractivity contribution in [1.82, 2.24) is 5.48 Å². The van der Waals surface area contributed by atoms with E-state index < -0.39 is 35.3 Å². The average molecular weight is 215 g/mol. The molecule has 0 aromatic heterocycles. The first kappa shape index (κ1) is 10.9. The molecule has 7 nitrogen and oxygen atoms in total. The van der Waals surface area contributed by atoms with Crippen LogP contribution in [0.25, 0.3) is 0 Å². The molecule has 15 heavy (non-hydrogen) atoms. The fourth-order valence-electron chi connectivity index (χ4n) is 1.03. The van der Waals surface area contributed by atoms with Crippen molar-refractivity contribution < 1.29 is 30.4 Å². The van der Waals surface area contributed by atoms with E-state index in [1.54, 1.807) is 0 Å². The van der Waals surface area contributed by atoms with Crippen LogP contribution in [0.5, 0.6) is 23.0 Å². The van der Waals surface area contributed by atoms with E-state index in [4.69, 9.17) is 20.5 Å². The number of nitrogens with one attached hydrogen (secondary N) is 1. The highest BCUT2D eigenvalue weighted by molar-refractivity contribution is 5.79. The molecule has 1 amide bonds. The highest BCUT2D eigenvalue weighted by Gasteiger charge is 2.17. The normalized spacial score (nSPS) is 9.93. The molecule has 0 aliphatic heterocycles. The molecule has 0 saturated carbocycles. The van der Waals surface area contributed by atoms with Gasteiger partial charge in [-0.3, -0.25) is 10.0 Å². The van der Waals surface area contributed by atoms with Gasteiger partial charge in [-0.15, -0.1) is 0 Å². The van der Waals surface area contributed by atoms with Crippen LogP contribution in [0.2, 0.25) is 0 Å². The Kier molecular flexibility index (Phi) is 2.86. The van der Waals surface area contributed by atoms with Crippen LogP contribution >= 0.6 is 0 Å². The van der Waals surface area contributed by atoms with E-state index >= 15 is 0 Å². The van der Waals surface area contributed by atoms with Crippen molar-refractivity contribution in [2.45, 2.75) is 6.42 Å². The lowest BCUT2D eigenvalue weighted by Gasteiger charge is -2.08. The molecule has 0 spiro atoms. The topological polar surface area (TPSA) is 130 Å². The summed E-state index contributed by atoms with van der Waals surface area (Å²) in [5.41, 5.74) is 1.19. The predicted octanol–water partition coefficient (Wildman–Crippen LogP) is -0.443. The van der Waals surface area contributed by atoms with E-state index in [9.17, 15) is 9.90 Å². The number of rotatable bonds is 2. The first-order chi connectivity index (χ1) is 6.97. The summed E-state index contributed by atoms with van der Waals surface area (Å²) in [7, 11) is 0. The Balaban J connectivity index is 3.15. The first-order valence-corrected chi connectivity index (χ1v) is 3.86. The summed E-state index contributed by atoms with van der Waals surface area (Å²) in [4.78, 5) is 10.7. The van der Waals surface area contributed by atoms with Gasteiger partial charge >= 0.3 is 0 Å². The lowest BCUT2D eigenvalue weighted by atomic mass is 10.1. The summed E-state index contributed by atoms with van der Waals surface area (Å²) in [5.74, 6) is -4.04. The largest absolute Gasteiger partial charge is 0.504 e. The van der Waals surface area contributed by atoms with Gasteiger partial charge in [-0.2, -0.15) is 0 Å². The highest BCUT2D eigenvalue weighted by Crippen LogP contribution is 2.43. The lowest BCUT2D eigenvalue weighted by Crippen LogP contribution is -2.20. The van der Waals surface area contributed by atoms with Gasteiger partial charge in [0, 0.05) is 5.56 Å². The molecule has 6 N–H and O–H groups in total. The number of hydrogen-bond donors (Lipinski definition) is 6. The molecule has 1 rings (SSSR count). The minimum absolute atomic E-state index is 0.130. The molecule has 0 saturated heterocycles. The smallest absolute Gasteiger partial charge is 0.247 e. The number of hydroxylamine groups is 1. The van der Waals surface area contributed by atoms with E-state index in [-0.39, 0.29) is 5.56 Å². The van der Waals surface area contributed by atoms with Crippen molar-refractivity contribution in [1.29, 1.82) is 0 Å². The van der Waals surface area contributed by atoms with Gasteiger partial charge in [-0.1, -0.05) is 0 Å². The van der Waals surface area contributed by atoms with Gasteiger partial charge in [0.2, 0.25) is 17.4 Å². The van der Waals surface area contributed by atoms with Gasteiger partial charge in [0.05, 0.1) is 6.42 Å². The minimum atomic E-state index is -0.921. The molecule has 0 aliphatic carbocycles. The number of carbonyl (C=O) groups is 1. The third-order valence-electron chi connectivity index (χ3n) is 1.78. The Morgan fingerprint density at radius 2 is 1.73 bits per heavy atom. The zero-order valence-electron chi connectivity index (χ0n) is 7.43. The zero-order valence-corrected chi connectivity index (χ0v) is 7.43. The Hall–Kier alpha value is -2.15. The Labute approximate surface area is 83.8 Å². The van der Waals surface area contributed by atoms with Crippen LogP contribution in [-0.4, -0.2) is 31.5 Å². The second-order valence-electron chi connectivity index (χ2n) is 2.81. The number of benzene rings is 1. The maximum atomic E-state index is 10.7. The number of aromatic hydroxyl groups is 4. The van der Waals surface area contributed by atoms with Crippen LogP contribution in [0.3, 0.4) is 0 Å².